The lowest BCUT2D eigenvalue weighted by Gasteiger charge is -2.11. The first-order valence-electron chi connectivity index (χ1n) is 9.22. The van der Waals surface area contributed by atoms with E-state index in [1.165, 1.54) is 6.07 Å². The number of halogens is 1. The summed E-state index contributed by atoms with van der Waals surface area (Å²) >= 11 is 6.30. The number of nitriles is 1. The third kappa shape index (κ3) is 4.08. The fourth-order valence-electron chi connectivity index (χ4n) is 3.09. The van der Waals surface area contributed by atoms with E-state index in [0.717, 1.165) is 24.5 Å². The fraction of sp³-hybridized carbons (Fsp3) is 0.238. The molecular formula is C21H18ClN5O2. The van der Waals surface area contributed by atoms with Crippen LogP contribution in [0.15, 0.2) is 42.5 Å². The lowest BCUT2D eigenvalue weighted by atomic mass is 10.2. The van der Waals surface area contributed by atoms with Gasteiger partial charge in [0.1, 0.15) is 23.4 Å². The third-order valence-corrected chi connectivity index (χ3v) is 4.97. The summed E-state index contributed by atoms with van der Waals surface area (Å²) in [5.74, 6) is 2.12. The van der Waals surface area contributed by atoms with Crippen molar-refractivity contribution >= 4 is 17.5 Å². The van der Waals surface area contributed by atoms with Gasteiger partial charge in [-0.3, -0.25) is 4.79 Å². The van der Waals surface area contributed by atoms with E-state index in [1.54, 1.807) is 36.4 Å². The van der Waals surface area contributed by atoms with Gasteiger partial charge in [-0.25, -0.2) is 0 Å². The summed E-state index contributed by atoms with van der Waals surface area (Å²) in [4.78, 5) is 12.5. The number of benzene rings is 2. The van der Waals surface area contributed by atoms with Crippen LogP contribution >= 0.6 is 11.6 Å². The number of aromatic nitrogens is 3. The molecular weight excluding hydrogens is 390 g/mol. The highest BCUT2D eigenvalue weighted by Crippen LogP contribution is 2.36. The van der Waals surface area contributed by atoms with Crippen molar-refractivity contribution in [2.45, 2.75) is 32.4 Å². The standard InChI is InChI=1S/C21H18ClN5O2/c1-13-25-26-20(27(13)16-7-8-16)12-24-21(28)14-6-9-19(17(22)10-14)29-18-5-3-2-4-15(18)11-23/h2-6,9-10,16H,7-8,12H2,1H3,(H,24,28). The normalized spacial score (nSPS) is 13.0. The van der Waals surface area contributed by atoms with Crippen LogP contribution in [0.4, 0.5) is 0 Å². The van der Waals surface area contributed by atoms with Gasteiger partial charge >= 0.3 is 0 Å². The molecule has 1 aliphatic carbocycles. The molecule has 146 valence electrons. The molecule has 4 rings (SSSR count). The summed E-state index contributed by atoms with van der Waals surface area (Å²) in [7, 11) is 0. The minimum absolute atomic E-state index is 0.265. The monoisotopic (exact) mass is 407 g/mol. The first-order chi connectivity index (χ1) is 14.1. The highest BCUT2D eigenvalue weighted by atomic mass is 35.5. The Hall–Kier alpha value is -3.37. The van der Waals surface area contributed by atoms with Gasteiger partial charge in [-0.1, -0.05) is 23.7 Å². The molecule has 1 amide bonds. The first-order valence-corrected chi connectivity index (χ1v) is 9.59. The van der Waals surface area contributed by atoms with E-state index < -0.39 is 0 Å². The molecule has 0 atom stereocenters. The van der Waals surface area contributed by atoms with Crippen molar-refractivity contribution in [3.63, 3.8) is 0 Å². The van der Waals surface area contributed by atoms with Crippen LogP contribution in [-0.4, -0.2) is 20.7 Å². The molecule has 1 fully saturated rings. The highest BCUT2D eigenvalue weighted by molar-refractivity contribution is 6.32. The first kappa shape index (κ1) is 19.0. The second-order valence-electron chi connectivity index (χ2n) is 6.80. The van der Waals surface area contributed by atoms with Gasteiger partial charge in [-0.15, -0.1) is 10.2 Å². The minimum Gasteiger partial charge on any atom is -0.454 e. The molecule has 7 nitrogen and oxygen atoms in total. The topological polar surface area (TPSA) is 92.8 Å². The van der Waals surface area contributed by atoms with Crippen molar-refractivity contribution in [2.75, 3.05) is 0 Å². The maximum absolute atomic E-state index is 12.5. The minimum atomic E-state index is -0.265. The molecule has 1 aliphatic rings. The van der Waals surface area contributed by atoms with Crippen LogP contribution in [0.5, 0.6) is 11.5 Å². The zero-order chi connectivity index (χ0) is 20.4. The predicted octanol–water partition coefficient (Wildman–Crippen LogP) is 4.17. The molecule has 0 bridgehead atoms. The number of amides is 1. The number of hydrogen-bond donors (Lipinski definition) is 1. The van der Waals surface area contributed by atoms with Crippen molar-refractivity contribution < 1.29 is 9.53 Å². The largest absolute Gasteiger partial charge is 0.454 e. The second-order valence-corrected chi connectivity index (χ2v) is 7.21. The number of rotatable bonds is 6. The smallest absolute Gasteiger partial charge is 0.251 e. The third-order valence-electron chi connectivity index (χ3n) is 4.68. The van der Waals surface area contributed by atoms with E-state index in [2.05, 4.69) is 26.2 Å². The van der Waals surface area contributed by atoms with Crippen molar-refractivity contribution in [1.82, 2.24) is 20.1 Å². The highest BCUT2D eigenvalue weighted by Gasteiger charge is 2.28. The molecule has 0 unspecified atom stereocenters. The summed E-state index contributed by atoms with van der Waals surface area (Å²) in [6, 6.07) is 14.2. The summed E-state index contributed by atoms with van der Waals surface area (Å²) < 4.78 is 7.82. The predicted molar refractivity (Wildman–Crippen MR) is 107 cm³/mol. The van der Waals surface area contributed by atoms with E-state index in [0.29, 0.717) is 35.2 Å². The number of aryl methyl sites for hydroxylation is 1. The molecule has 3 aromatic rings. The molecule has 0 spiro atoms. The van der Waals surface area contributed by atoms with Gasteiger partial charge in [-0.05, 0) is 50.1 Å². The SMILES string of the molecule is Cc1nnc(CNC(=O)c2ccc(Oc3ccccc3C#N)c(Cl)c2)n1C1CC1. The van der Waals surface area contributed by atoms with Crippen LogP contribution in [-0.2, 0) is 6.54 Å². The van der Waals surface area contributed by atoms with Crippen LogP contribution in [0.1, 0.15) is 46.5 Å². The number of nitrogens with one attached hydrogen (secondary N) is 1. The second kappa shape index (κ2) is 7.94. The Kier molecular flexibility index (Phi) is 5.19. The van der Waals surface area contributed by atoms with E-state index >= 15 is 0 Å². The summed E-state index contributed by atoms with van der Waals surface area (Å²) in [6.07, 6.45) is 2.23. The maximum atomic E-state index is 12.5. The van der Waals surface area contributed by atoms with Crippen molar-refractivity contribution in [1.29, 1.82) is 5.26 Å². The number of para-hydroxylation sites is 1. The van der Waals surface area contributed by atoms with Crippen LogP contribution in [0.2, 0.25) is 5.02 Å². The molecule has 0 radical (unpaired) electrons. The van der Waals surface area contributed by atoms with Gasteiger partial charge < -0.3 is 14.6 Å². The Balaban J connectivity index is 1.45. The van der Waals surface area contributed by atoms with Crippen LogP contribution in [0, 0.1) is 18.3 Å². The van der Waals surface area contributed by atoms with Gasteiger partial charge in [0.25, 0.3) is 5.91 Å². The van der Waals surface area contributed by atoms with Gasteiger partial charge in [0.2, 0.25) is 0 Å². The molecule has 0 saturated heterocycles. The fourth-order valence-corrected chi connectivity index (χ4v) is 3.31. The summed E-state index contributed by atoms with van der Waals surface area (Å²) in [5.41, 5.74) is 0.811. The van der Waals surface area contributed by atoms with Gasteiger partial charge in [0, 0.05) is 11.6 Å². The van der Waals surface area contributed by atoms with E-state index in [-0.39, 0.29) is 10.9 Å². The molecule has 8 heteroatoms. The Morgan fingerprint density at radius 3 is 2.79 bits per heavy atom. The van der Waals surface area contributed by atoms with Crippen molar-refractivity contribution in [2.24, 2.45) is 0 Å². The van der Waals surface area contributed by atoms with Gasteiger partial charge in [-0.2, -0.15) is 5.26 Å². The van der Waals surface area contributed by atoms with Gasteiger partial charge in [0.05, 0.1) is 17.1 Å². The van der Waals surface area contributed by atoms with Crippen molar-refractivity contribution in [3.8, 4) is 17.6 Å². The molecule has 0 aliphatic heterocycles. The number of nitrogens with zero attached hydrogens (tertiary/aromatic N) is 4. The lowest BCUT2D eigenvalue weighted by Crippen LogP contribution is -2.24. The van der Waals surface area contributed by atoms with E-state index in [4.69, 9.17) is 21.6 Å². The molecule has 1 heterocycles. The maximum Gasteiger partial charge on any atom is 0.251 e. The Morgan fingerprint density at radius 1 is 1.28 bits per heavy atom. The molecule has 1 N–H and O–H groups in total. The average molecular weight is 408 g/mol. The summed E-state index contributed by atoms with van der Waals surface area (Å²) in [5, 5.41) is 20.6. The zero-order valence-electron chi connectivity index (χ0n) is 15.7. The number of ether oxygens (including phenoxy) is 1. The molecule has 1 saturated carbocycles. The number of carbonyl (C=O) groups excluding carboxylic acids is 1. The molecule has 1 aromatic heterocycles. The van der Waals surface area contributed by atoms with Crippen LogP contribution in [0.25, 0.3) is 0 Å². The lowest BCUT2D eigenvalue weighted by molar-refractivity contribution is 0.0949. The van der Waals surface area contributed by atoms with E-state index in [1.807, 2.05) is 6.92 Å². The van der Waals surface area contributed by atoms with Crippen molar-refractivity contribution in [3.05, 3.63) is 70.3 Å². The number of hydrogen-bond acceptors (Lipinski definition) is 5. The quantitative estimate of drug-likeness (QED) is 0.662. The van der Waals surface area contributed by atoms with Crippen LogP contribution < -0.4 is 10.1 Å². The Bertz CT molecular complexity index is 1110. The van der Waals surface area contributed by atoms with E-state index in [9.17, 15) is 4.79 Å². The Morgan fingerprint density at radius 2 is 2.07 bits per heavy atom. The summed E-state index contributed by atoms with van der Waals surface area (Å²) in [6.45, 7) is 2.21. The Labute approximate surface area is 172 Å². The number of carbonyl (C=O) groups is 1. The molecule has 2 aromatic carbocycles. The van der Waals surface area contributed by atoms with Crippen LogP contribution in [0.3, 0.4) is 0 Å². The average Bonchev–Trinajstić information content (AvgIpc) is 3.50. The van der Waals surface area contributed by atoms with Gasteiger partial charge in [0.15, 0.2) is 5.82 Å². The zero-order valence-corrected chi connectivity index (χ0v) is 16.5. The molecule has 29 heavy (non-hydrogen) atoms.